The van der Waals surface area contributed by atoms with Crippen LogP contribution in [0.3, 0.4) is 0 Å². The maximum atomic E-state index is 13.4. The van der Waals surface area contributed by atoms with E-state index in [1.807, 2.05) is 19.1 Å². The number of H-pyrrole nitrogens is 1. The maximum absolute atomic E-state index is 13.4. The van der Waals surface area contributed by atoms with Crippen molar-refractivity contribution in [2.24, 2.45) is 10.2 Å². The Balaban J connectivity index is 1.74. The Morgan fingerprint density at radius 2 is 2.04 bits per heavy atom. The number of nitrogens with one attached hydrogen (secondary N) is 1. The summed E-state index contributed by atoms with van der Waals surface area (Å²) < 4.78 is 18.4. The van der Waals surface area contributed by atoms with E-state index in [9.17, 15) is 14.3 Å². The number of aromatic hydroxyl groups is 1. The average Bonchev–Trinajstić information content (AvgIpc) is 2.89. The quantitative estimate of drug-likeness (QED) is 0.710. The summed E-state index contributed by atoms with van der Waals surface area (Å²) in [6, 6.07) is 11.2. The van der Waals surface area contributed by atoms with Crippen LogP contribution in [0.15, 0.2) is 52.7 Å². The van der Waals surface area contributed by atoms with Crippen LogP contribution in [0.4, 0.5) is 10.1 Å². The number of aryl methyl sites for hydroxylation is 1. The second kappa shape index (κ2) is 6.49. The molecule has 7 heteroatoms. The number of fused-ring (bicyclic) bond motifs is 1. The molecule has 0 fully saturated rings. The summed E-state index contributed by atoms with van der Waals surface area (Å²) in [5, 5.41) is 17.9. The van der Waals surface area contributed by atoms with Gasteiger partial charge >= 0.3 is 5.91 Å². The van der Waals surface area contributed by atoms with Gasteiger partial charge in [0.2, 0.25) is 5.88 Å². The first-order chi connectivity index (χ1) is 11.6. The minimum atomic E-state index is -0.695. The fraction of sp³-hybridized carbons (Fsp3) is 0.118. The molecule has 0 bridgehead atoms. The minimum Gasteiger partial charge on any atom is -0.493 e. The Bertz CT molecular complexity index is 934. The van der Waals surface area contributed by atoms with E-state index in [1.54, 1.807) is 12.1 Å². The summed E-state index contributed by atoms with van der Waals surface area (Å²) in [6.45, 7) is 1.43. The van der Waals surface area contributed by atoms with Crippen molar-refractivity contribution in [1.82, 2.24) is 4.98 Å². The first-order valence-electron chi connectivity index (χ1n) is 7.18. The summed E-state index contributed by atoms with van der Waals surface area (Å²) in [5.74, 6) is -1.47. The van der Waals surface area contributed by atoms with E-state index < -0.39 is 18.3 Å². The van der Waals surface area contributed by atoms with E-state index in [4.69, 9.17) is 4.74 Å². The van der Waals surface area contributed by atoms with Gasteiger partial charge in [0.15, 0.2) is 23.9 Å². The second-order valence-electron chi connectivity index (χ2n) is 5.13. The number of carbonyl (C=O) groups excluding carboxylic acids is 1. The fourth-order valence-electron chi connectivity index (χ4n) is 2.27. The molecule has 3 aromatic rings. The lowest BCUT2D eigenvalue weighted by atomic mass is 10.1. The topological polar surface area (TPSA) is 87.0 Å². The molecule has 3 rings (SSSR count). The Kier molecular flexibility index (Phi) is 4.24. The molecule has 2 N–H and O–H groups in total. The summed E-state index contributed by atoms with van der Waals surface area (Å²) in [7, 11) is 0. The van der Waals surface area contributed by atoms with Crippen LogP contribution in [0.1, 0.15) is 5.56 Å². The SMILES string of the molecule is Cc1cccc2c(N=NC(=O)COc3ccccc3F)c(O)[nH]c12. The molecule has 24 heavy (non-hydrogen) atoms. The lowest BCUT2D eigenvalue weighted by Crippen LogP contribution is -2.08. The van der Waals surface area contributed by atoms with Gasteiger partial charge in [-0.2, -0.15) is 0 Å². The van der Waals surface area contributed by atoms with Gasteiger partial charge in [-0.05, 0) is 24.6 Å². The molecule has 2 aromatic carbocycles. The molecule has 0 atom stereocenters. The molecule has 6 nitrogen and oxygen atoms in total. The third-order valence-electron chi connectivity index (χ3n) is 3.44. The number of carbonyl (C=O) groups is 1. The fourth-order valence-corrected chi connectivity index (χ4v) is 2.27. The highest BCUT2D eigenvalue weighted by Crippen LogP contribution is 2.36. The number of halogens is 1. The monoisotopic (exact) mass is 327 g/mol. The molecule has 0 unspecified atom stereocenters. The van der Waals surface area contributed by atoms with Crippen LogP contribution in [0.5, 0.6) is 11.6 Å². The lowest BCUT2D eigenvalue weighted by molar-refractivity contribution is -0.120. The molecule has 0 aliphatic heterocycles. The highest BCUT2D eigenvalue weighted by atomic mass is 19.1. The number of aromatic amines is 1. The van der Waals surface area contributed by atoms with Crippen molar-refractivity contribution in [2.45, 2.75) is 6.92 Å². The molecule has 1 heterocycles. The zero-order chi connectivity index (χ0) is 17.1. The first kappa shape index (κ1) is 15.7. The number of hydrogen-bond donors (Lipinski definition) is 2. The molecular weight excluding hydrogens is 313 g/mol. The summed E-state index contributed by atoms with van der Waals surface area (Å²) >= 11 is 0. The number of ether oxygens (including phenoxy) is 1. The van der Waals surface area contributed by atoms with E-state index in [-0.39, 0.29) is 17.3 Å². The van der Waals surface area contributed by atoms with Crippen molar-refractivity contribution in [3.8, 4) is 11.6 Å². The largest absolute Gasteiger partial charge is 0.493 e. The van der Waals surface area contributed by atoms with Gasteiger partial charge in [-0.25, -0.2) is 4.39 Å². The Morgan fingerprint density at radius 3 is 2.83 bits per heavy atom. The van der Waals surface area contributed by atoms with E-state index >= 15 is 0 Å². The lowest BCUT2D eigenvalue weighted by Gasteiger charge is -2.03. The molecule has 0 aliphatic carbocycles. The molecular formula is C17H14FN3O3. The van der Waals surface area contributed by atoms with Gasteiger partial charge in [0.1, 0.15) is 0 Å². The second-order valence-corrected chi connectivity index (χ2v) is 5.13. The van der Waals surface area contributed by atoms with Gasteiger partial charge in [0, 0.05) is 5.39 Å². The molecule has 0 saturated heterocycles. The first-order valence-corrected chi connectivity index (χ1v) is 7.18. The molecule has 0 aliphatic rings. The molecule has 0 radical (unpaired) electrons. The van der Waals surface area contributed by atoms with Crippen LogP contribution in [-0.4, -0.2) is 22.6 Å². The number of azo groups is 1. The normalized spacial score (nSPS) is 11.2. The van der Waals surface area contributed by atoms with E-state index in [0.29, 0.717) is 5.39 Å². The van der Waals surface area contributed by atoms with Gasteiger partial charge in [-0.3, -0.25) is 4.79 Å². The number of rotatable bonds is 4. The smallest absolute Gasteiger partial charge is 0.302 e. The highest BCUT2D eigenvalue weighted by molar-refractivity contribution is 5.96. The van der Waals surface area contributed by atoms with Gasteiger partial charge in [-0.15, -0.1) is 10.2 Å². The molecule has 1 amide bonds. The summed E-state index contributed by atoms with van der Waals surface area (Å²) in [4.78, 5) is 14.5. The van der Waals surface area contributed by atoms with Gasteiger partial charge in [0.05, 0.1) is 5.52 Å². The Labute approximate surface area is 136 Å². The van der Waals surface area contributed by atoms with Crippen LogP contribution >= 0.6 is 0 Å². The van der Waals surface area contributed by atoms with Crippen LogP contribution in [-0.2, 0) is 4.79 Å². The van der Waals surface area contributed by atoms with Gasteiger partial charge in [0.25, 0.3) is 0 Å². The number of nitrogens with zero attached hydrogens (tertiary/aromatic N) is 2. The van der Waals surface area contributed by atoms with Crippen LogP contribution in [0.25, 0.3) is 10.9 Å². The molecule has 0 spiro atoms. The number of benzene rings is 2. The number of para-hydroxylation sites is 2. The van der Waals surface area contributed by atoms with Gasteiger partial charge < -0.3 is 14.8 Å². The molecule has 0 saturated carbocycles. The predicted octanol–water partition coefficient (Wildman–Crippen LogP) is 4.01. The zero-order valence-corrected chi connectivity index (χ0v) is 12.8. The minimum absolute atomic E-state index is 0.0355. The molecule has 122 valence electrons. The van der Waals surface area contributed by atoms with Crippen LogP contribution in [0, 0.1) is 12.7 Å². The van der Waals surface area contributed by atoms with Crippen molar-refractivity contribution in [3.05, 3.63) is 53.8 Å². The van der Waals surface area contributed by atoms with Crippen molar-refractivity contribution < 1.29 is 19.0 Å². The number of hydrogen-bond acceptors (Lipinski definition) is 4. The van der Waals surface area contributed by atoms with Crippen molar-refractivity contribution in [1.29, 1.82) is 0 Å². The Morgan fingerprint density at radius 1 is 1.25 bits per heavy atom. The van der Waals surface area contributed by atoms with E-state index in [0.717, 1.165) is 11.1 Å². The van der Waals surface area contributed by atoms with Crippen LogP contribution < -0.4 is 4.74 Å². The maximum Gasteiger partial charge on any atom is 0.302 e. The van der Waals surface area contributed by atoms with Gasteiger partial charge in [-0.1, -0.05) is 30.3 Å². The summed E-state index contributed by atoms with van der Waals surface area (Å²) in [5.41, 5.74) is 1.82. The number of aromatic nitrogens is 1. The zero-order valence-electron chi connectivity index (χ0n) is 12.8. The Hall–Kier alpha value is -3.22. The third-order valence-corrected chi connectivity index (χ3v) is 3.44. The van der Waals surface area contributed by atoms with Crippen molar-refractivity contribution in [3.63, 3.8) is 0 Å². The predicted molar refractivity (Wildman–Crippen MR) is 86.1 cm³/mol. The van der Waals surface area contributed by atoms with E-state index in [2.05, 4.69) is 15.2 Å². The standard InChI is InChI=1S/C17H14FN3O3/c1-10-5-4-6-11-15(10)19-17(23)16(11)21-20-14(22)9-24-13-8-3-2-7-12(13)18/h2-8,19,23H,9H2,1H3. The average molecular weight is 327 g/mol. The third kappa shape index (κ3) is 3.10. The van der Waals surface area contributed by atoms with E-state index in [1.165, 1.54) is 18.2 Å². The van der Waals surface area contributed by atoms with Crippen molar-refractivity contribution in [2.75, 3.05) is 6.61 Å². The summed E-state index contributed by atoms with van der Waals surface area (Å²) in [6.07, 6.45) is 0. The van der Waals surface area contributed by atoms with Crippen molar-refractivity contribution >= 4 is 22.5 Å². The molecule has 1 aromatic heterocycles. The van der Waals surface area contributed by atoms with Crippen LogP contribution in [0.2, 0.25) is 0 Å². The highest BCUT2D eigenvalue weighted by Gasteiger charge is 2.12. The number of amides is 1.